The Bertz CT molecular complexity index is 896. The lowest BCUT2D eigenvalue weighted by Gasteiger charge is -2.12. The first-order valence-corrected chi connectivity index (χ1v) is 8.00. The first kappa shape index (κ1) is 16.8. The fourth-order valence-corrected chi connectivity index (χ4v) is 3.12. The molecule has 2 amide bonds. The molecule has 0 unspecified atom stereocenters. The SMILES string of the molecule is O=C1S/C(=C\c2ccc([N+](=O)[O-])cc2)C(=O)N1Cc1ccccc1F. The van der Waals surface area contributed by atoms with Crippen molar-refractivity contribution in [2.24, 2.45) is 0 Å². The molecular formula is C17H11FN2O4S. The predicted octanol–water partition coefficient (Wildman–Crippen LogP) is 3.97. The molecule has 0 N–H and O–H groups in total. The number of benzene rings is 2. The van der Waals surface area contributed by atoms with Gasteiger partial charge in [0.2, 0.25) is 0 Å². The summed E-state index contributed by atoms with van der Waals surface area (Å²) in [6, 6.07) is 11.5. The molecule has 0 aliphatic carbocycles. The molecule has 6 nitrogen and oxygen atoms in total. The molecular weight excluding hydrogens is 347 g/mol. The summed E-state index contributed by atoms with van der Waals surface area (Å²) in [6.45, 7) is -0.144. The second-order valence-electron chi connectivity index (χ2n) is 5.21. The smallest absolute Gasteiger partial charge is 0.268 e. The standard InChI is InChI=1S/C17H11FN2O4S/c18-14-4-2-1-3-12(14)10-19-16(21)15(25-17(19)22)9-11-5-7-13(8-6-11)20(23)24/h1-9H,10H2/b15-9-. The lowest BCUT2D eigenvalue weighted by atomic mass is 10.2. The van der Waals surface area contributed by atoms with Gasteiger partial charge >= 0.3 is 0 Å². The molecule has 126 valence electrons. The highest BCUT2D eigenvalue weighted by Gasteiger charge is 2.35. The second kappa shape index (κ2) is 6.86. The molecule has 8 heteroatoms. The Balaban J connectivity index is 1.81. The van der Waals surface area contributed by atoms with Crippen LogP contribution in [0.5, 0.6) is 0 Å². The summed E-state index contributed by atoms with van der Waals surface area (Å²) in [5.74, 6) is -1.00. The van der Waals surface area contributed by atoms with Gasteiger partial charge < -0.3 is 0 Å². The van der Waals surface area contributed by atoms with Crippen molar-refractivity contribution in [1.82, 2.24) is 4.90 Å². The molecule has 1 aliphatic heterocycles. The number of non-ortho nitro benzene ring substituents is 1. The van der Waals surface area contributed by atoms with E-state index in [1.807, 2.05) is 0 Å². The summed E-state index contributed by atoms with van der Waals surface area (Å²) in [6.07, 6.45) is 1.48. The van der Waals surface area contributed by atoms with Gasteiger partial charge in [-0.1, -0.05) is 18.2 Å². The average Bonchev–Trinajstić information content (AvgIpc) is 2.85. The Labute approximate surface area is 146 Å². The fourth-order valence-electron chi connectivity index (χ4n) is 2.28. The molecule has 1 heterocycles. The number of imide groups is 1. The zero-order chi connectivity index (χ0) is 18.0. The topological polar surface area (TPSA) is 80.5 Å². The predicted molar refractivity (Wildman–Crippen MR) is 91.0 cm³/mol. The minimum Gasteiger partial charge on any atom is -0.268 e. The maximum atomic E-state index is 13.7. The van der Waals surface area contributed by atoms with Crippen LogP contribution >= 0.6 is 11.8 Å². The van der Waals surface area contributed by atoms with Crippen LogP contribution in [-0.4, -0.2) is 21.0 Å². The van der Waals surface area contributed by atoms with Gasteiger partial charge in [-0.2, -0.15) is 0 Å². The van der Waals surface area contributed by atoms with Crippen LogP contribution in [0.15, 0.2) is 53.4 Å². The molecule has 2 aromatic carbocycles. The van der Waals surface area contributed by atoms with Gasteiger partial charge in [-0.25, -0.2) is 4.39 Å². The number of nitro groups is 1. The van der Waals surface area contributed by atoms with Gasteiger partial charge in [0.05, 0.1) is 16.4 Å². The zero-order valence-corrected chi connectivity index (χ0v) is 13.5. The number of hydrogen-bond donors (Lipinski definition) is 0. The summed E-state index contributed by atoms with van der Waals surface area (Å²) in [5.41, 5.74) is 0.744. The molecule has 0 aromatic heterocycles. The van der Waals surface area contributed by atoms with E-state index in [2.05, 4.69) is 0 Å². The Kier molecular flexibility index (Phi) is 4.62. The van der Waals surface area contributed by atoms with E-state index in [4.69, 9.17) is 0 Å². The molecule has 0 atom stereocenters. The van der Waals surface area contributed by atoms with Crippen molar-refractivity contribution in [3.8, 4) is 0 Å². The van der Waals surface area contributed by atoms with Gasteiger partial charge in [-0.3, -0.25) is 24.6 Å². The third kappa shape index (κ3) is 3.58. The van der Waals surface area contributed by atoms with Crippen LogP contribution in [-0.2, 0) is 11.3 Å². The number of thioether (sulfide) groups is 1. The van der Waals surface area contributed by atoms with Crippen LogP contribution < -0.4 is 0 Å². The highest BCUT2D eigenvalue weighted by atomic mass is 32.2. The minimum absolute atomic E-state index is 0.0650. The zero-order valence-electron chi connectivity index (χ0n) is 12.7. The number of amides is 2. The average molecular weight is 358 g/mol. The number of rotatable bonds is 4. The Morgan fingerprint density at radius 3 is 2.44 bits per heavy atom. The third-order valence-electron chi connectivity index (χ3n) is 3.56. The van der Waals surface area contributed by atoms with Crippen molar-refractivity contribution in [1.29, 1.82) is 0 Å². The first-order valence-electron chi connectivity index (χ1n) is 7.19. The van der Waals surface area contributed by atoms with Crippen LogP contribution in [0.25, 0.3) is 6.08 Å². The lowest BCUT2D eigenvalue weighted by Crippen LogP contribution is -2.27. The van der Waals surface area contributed by atoms with Gasteiger partial charge in [-0.05, 0) is 41.6 Å². The van der Waals surface area contributed by atoms with Crippen molar-refractivity contribution in [3.05, 3.63) is 80.5 Å². The number of carbonyl (C=O) groups excluding carboxylic acids is 2. The van der Waals surface area contributed by atoms with Crippen LogP contribution in [0.4, 0.5) is 14.9 Å². The van der Waals surface area contributed by atoms with Crippen molar-refractivity contribution in [3.63, 3.8) is 0 Å². The molecule has 25 heavy (non-hydrogen) atoms. The molecule has 0 saturated carbocycles. The van der Waals surface area contributed by atoms with E-state index in [0.717, 1.165) is 16.7 Å². The molecule has 0 radical (unpaired) electrons. The van der Waals surface area contributed by atoms with Gasteiger partial charge in [0.25, 0.3) is 16.8 Å². The van der Waals surface area contributed by atoms with E-state index in [0.29, 0.717) is 5.56 Å². The number of halogens is 1. The molecule has 1 aliphatic rings. The number of nitro benzene ring substituents is 1. The summed E-state index contributed by atoms with van der Waals surface area (Å²) in [5, 5.41) is 10.2. The van der Waals surface area contributed by atoms with Crippen LogP contribution in [0.3, 0.4) is 0 Å². The maximum Gasteiger partial charge on any atom is 0.293 e. The summed E-state index contributed by atoms with van der Waals surface area (Å²) in [7, 11) is 0. The molecule has 2 aromatic rings. The Morgan fingerprint density at radius 1 is 1.12 bits per heavy atom. The Hall–Kier alpha value is -3.00. The largest absolute Gasteiger partial charge is 0.293 e. The van der Waals surface area contributed by atoms with Gasteiger partial charge in [-0.15, -0.1) is 0 Å². The van der Waals surface area contributed by atoms with Crippen molar-refractivity contribution >= 4 is 34.7 Å². The highest BCUT2D eigenvalue weighted by Crippen LogP contribution is 2.33. The lowest BCUT2D eigenvalue weighted by molar-refractivity contribution is -0.384. The molecule has 0 spiro atoms. The number of nitrogens with zero attached hydrogens (tertiary/aromatic N) is 2. The highest BCUT2D eigenvalue weighted by molar-refractivity contribution is 8.18. The van der Waals surface area contributed by atoms with Gasteiger partial charge in [0, 0.05) is 17.7 Å². The minimum atomic E-state index is -0.522. The van der Waals surface area contributed by atoms with Gasteiger partial charge in [0.1, 0.15) is 5.82 Å². The molecule has 0 bridgehead atoms. The van der Waals surface area contributed by atoms with E-state index in [-0.39, 0.29) is 22.7 Å². The number of hydrogen-bond acceptors (Lipinski definition) is 5. The summed E-state index contributed by atoms with van der Waals surface area (Å²) in [4.78, 5) is 35.7. The molecule has 3 rings (SSSR count). The monoisotopic (exact) mass is 358 g/mol. The van der Waals surface area contributed by atoms with Gasteiger partial charge in [0.15, 0.2) is 0 Å². The fraction of sp³-hybridized carbons (Fsp3) is 0.0588. The number of carbonyl (C=O) groups is 2. The maximum absolute atomic E-state index is 13.7. The normalized spacial score (nSPS) is 15.9. The van der Waals surface area contributed by atoms with Crippen LogP contribution in [0.2, 0.25) is 0 Å². The summed E-state index contributed by atoms with van der Waals surface area (Å²) < 4.78 is 13.7. The second-order valence-corrected chi connectivity index (χ2v) is 6.20. The third-order valence-corrected chi connectivity index (χ3v) is 4.47. The molecule has 1 saturated heterocycles. The first-order chi connectivity index (χ1) is 12.0. The van der Waals surface area contributed by atoms with E-state index in [1.165, 1.54) is 48.5 Å². The van der Waals surface area contributed by atoms with Crippen LogP contribution in [0, 0.1) is 15.9 Å². The quantitative estimate of drug-likeness (QED) is 0.469. The van der Waals surface area contributed by atoms with Crippen LogP contribution in [0.1, 0.15) is 11.1 Å². The van der Waals surface area contributed by atoms with E-state index < -0.39 is 21.9 Å². The summed E-state index contributed by atoms with van der Waals surface area (Å²) >= 11 is 0.754. The van der Waals surface area contributed by atoms with E-state index in [9.17, 15) is 24.1 Å². The molecule has 1 fully saturated rings. The van der Waals surface area contributed by atoms with E-state index >= 15 is 0 Å². The van der Waals surface area contributed by atoms with E-state index in [1.54, 1.807) is 6.07 Å². The Morgan fingerprint density at radius 2 is 1.80 bits per heavy atom. The van der Waals surface area contributed by atoms with Crippen molar-refractivity contribution < 1.29 is 18.9 Å². The van der Waals surface area contributed by atoms with Crippen molar-refractivity contribution in [2.75, 3.05) is 0 Å². The van der Waals surface area contributed by atoms with Crippen molar-refractivity contribution in [2.45, 2.75) is 6.54 Å².